The highest BCUT2D eigenvalue weighted by atomic mass is 16.5. The normalized spacial score (nSPS) is 19.8. The Hall–Kier alpha value is -2.15. The molecule has 3 heterocycles. The van der Waals surface area contributed by atoms with Gasteiger partial charge in [0.25, 0.3) is 5.56 Å². The molecule has 1 aliphatic heterocycles. The highest BCUT2D eigenvalue weighted by Gasteiger charge is 2.21. The Morgan fingerprint density at radius 2 is 2.48 bits per heavy atom. The van der Waals surface area contributed by atoms with Crippen molar-refractivity contribution in [3.05, 3.63) is 35.0 Å². The van der Waals surface area contributed by atoms with Crippen LogP contribution in [0.3, 0.4) is 0 Å². The zero-order valence-corrected chi connectivity index (χ0v) is 11.9. The Balaban J connectivity index is 1.73. The van der Waals surface area contributed by atoms with Gasteiger partial charge < -0.3 is 14.5 Å². The van der Waals surface area contributed by atoms with Gasteiger partial charge in [-0.15, -0.1) is 0 Å². The van der Waals surface area contributed by atoms with E-state index in [9.17, 15) is 9.59 Å². The molecule has 21 heavy (non-hydrogen) atoms. The van der Waals surface area contributed by atoms with Crippen LogP contribution in [0.1, 0.15) is 25.8 Å². The molecule has 2 aromatic rings. The maximum absolute atomic E-state index is 12.3. The summed E-state index contributed by atoms with van der Waals surface area (Å²) in [5.74, 6) is -0.226. The highest BCUT2D eigenvalue weighted by molar-refractivity contribution is 5.79. The summed E-state index contributed by atoms with van der Waals surface area (Å²) in [6.45, 7) is 2.89. The number of nitrogens with one attached hydrogen (secondary N) is 1. The van der Waals surface area contributed by atoms with E-state index >= 15 is 0 Å². The van der Waals surface area contributed by atoms with Gasteiger partial charge in [-0.05, 0) is 31.9 Å². The highest BCUT2D eigenvalue weighted by Crippen LogP contribution is 2.11. The van der Waals surface area contributed by atoms with Crippen LogP contribution in [0.5, 0.6) is 0 Å². The van der Waals surface area contributed by atoms with Gasteiger partial charge >= 0.3 is 0 Å². The Labute approximate surface area is 121 Å². The van der Waals surface area contributed by atoms with Gasteiger partial charge in [0.2, 0.25) is 5.91 Å². The molecule has 1 aliphatic rings. The summed E-state index contributed by atoms with van der Waals surface area (Å²) in [6.07, 6.45) is 5.35. The summed E-state index contributed by atoms with van der Waals surface area (Å²) < 4.78 is 8.30. The smallest absolute Gasteiger partial charge is 0.291 e. The van der Waals surface area contributed by atoms with Gasteiger partial charge in [0.15, 0.2) is 0 Å². The maximum Gasteiger partial charge on any atom is 0.291 e. The molecule has 1 amide bonds. The van der Waals surface area contributed by atoms with E-state index in [2.05, 4.69) is 10.4 Å². The van der Waals surface area contributed by atoms with Gasteiger partial charge in [0, 0.05) is 19.3 Å². The lowest BCUT2D eigenvalue weighted by molar-refractivity contribution is -0.124. The number of amides is 1. The van der Waals surface area contributed by atoms with Crippen LogP contribution in [-0.4, -0.2) is 39.3 Å². The average molecular weight is 290 g/mol. The molecule has 1 fully saturated rings. The minimum Gasteiger partial charge on any atom is -0.376 e. The number of nitrogens with zero attached hydrogens (tertiary/aromatic N) is 3. The first kappa shape index (κ1) is 13.8. The fourth-order valence-corrected chi connectivity index (χ4v) is 2.51. The molecule has 112 valence electrons. The molecule has 0 radical (unpaired) electrons. The van der Waals surface area contributed by atoms with E-state index in [4.69, 9.17) is 4.74 Å². The molecule has 0 aromatic carbocycles. The SMILES string of the molecule is CC(C(=O)NCC1CCCO1)n1ncn2cccc2c1=O. The summed E-state index contributed by atoms with van der Waals surface area (Å²) in [6, 6.07) is 2.82. The van der Waals surface area contributed by atoms with Gasteiger partial charge in [-0.25, -0.2) is 4.68 Å². The quantitative estimate of drug-likeness (QED) is 0.881. The zero-order chi connectivity index (χ0) is 14.8. The average Bonchev–Trinajstić information content (AvgIpc) is 3.15. The molecule has 7 nitrogen and oxygen atoms in total. The first-order chi connectivity index (χ1) is 10.2. The molecule has 7 heteroatoms. The Bertz CT molecular complexity index is 700. The van der Waals surface area contributed by atoms with Gasteiger partial charge in [0.1, 0.15) is 17.9 Å². The van der Waals surface area contributed by atoms with Crippen molar-refractivity contribution < 1.29 is 9.53 Å². The van der Waals surface area contributed by atoms with Gasteiger partial charge in [-0.2, -0.15) is 5.10 Å². The van der Waals surface area contributed by atoms with Crippen LogP contribution in [0.15, 0.2) is 29.5 Å². The number of carbonyl (C=O) groups is 1. The predicted octanol–water partition coefficient (Wildman–Crippen LogP) is 0.352. The molecule has 0 saturated carbocycles. The van der Waals surface area contributed by atoms with Crippen molar-refractivity contribution in [2.24, 2.45) is 0 Å². The molecule has 3 rings (SSSR count). The zero-order valence-electron chi connectivity index (χ0n) is 11.9. The summed E-state index contributed by atoms with van der Waals surface area (Å²) in [5, 5.41) is 6.88. The lowest BCUT2D eigenvalue weighted by Crippen LogP contribution is -2.40. The second kappa shape index (κ2) is 5.69. The summed E-state index contributed by atoms with van der Waals surface area (Å²) in [7, 11) is 0. The molecule has 0 aliphatic carbocycles. The van der Waals surface area contributed by atoms with Crippen LogP contribution < -0.4 is 10.9 Å². The number of fused-ring (bicyclic) bond motifs is 1. The second-order valence-electron chi connectivity index (χ2n) is 5.24. The molecule has 2 aromatic heterocycles. The van der Waals surface area contributed by atoms with Crippen LogP contribution in [0.25, 0.3) is 5.52 Å². The summed E-state index contributed by atoms with van der Waals surface area (Å²) >= 11 is 0. The molecule has 2 atom stereocenters. The predicted molar refractivity (Wildman–Crippen MR) is 76.1 cm³/mol. The third-order valence-electron chi connectivity index (χ3n) is 3.78. The third kappa shape index (κ3) is 2.69. The van der Waals surface area contributed by atoms with Gasteiger partial charge in [0.05, 0.1) is 6.10 Å². The van der Waals surface area contributed by atoms with Gasteiger partial charge in [-0.1, -0.05) is 0 Å². The van der Waals surface area contributed by atoms with Crippen molar-refractivity contribution in [1.82, 2.24) is 19.5 Å². The van der Waals surface area contributed by atoms with E-state index in [0.717, 1.165) is 19.4 Å². The summed E-state index contributed by atoms with van der Waals surface area (Å²) in [4.78, 5) is 24.4. The fourth-order valence-electron chi connectivity index (χ4n) is 2.51. The number of hydrogen-bond donors (Lipinski definition) is 1. The number of hydrogen-bond acceptors (Lipinski definition) is 4. The van der Waals surface area contributed by atoms with Crippen molar-refractivity contribution in [2.45, 2.75) is 31.9 Å². The van der Waals surface area contributed by atoms with E-state index in [1.807, 2.05) is 0 Å². The summed E-state index contributed by atoms with van der Waals surface area (Å²) in [5.41, 5.74) is 0.228. The molecule has 2 unspecified atom stereocenters. The Morgan fingerprint density at radius 1 is 1.62 bits per heavy atom. The Morgan fingerprint density at radius 3 is 3.24 bits per heavy atom. The maximum atomic E-state index is 12.3. The van der Waals surface area contributed by atoms with Crippen molar-refractivity contribution in [1.29, 1.82) is 0 Å². The van der Waals surface area contributed by atoms with Gasteiger partial charge in [-0.3, -0.25) is 9.59 Å². The van der Waals surface area contributed by atoms with Crippen molar-refractivity contribution in [3.8, 4) is 0 Å². The number of ether oxygens (including phenoxy) is 1. The van der Waals surface area contributed by atoms with Crippen molar-refractivity contribution >= 4 is 11.4 Å². The topological polar surface area (TPSA) is 77.6 Å². The second-order valence-corrected chi connectivity index (χ2v) is 5.24. The first-order valence-corrected chi connectivity index (χ1v) is 7.10. The molecular formula is C14H18N4O3. The number of aromatic nitrogens is 3. The van der Waals surface area contributed by atoms with E-state index in [1.54, 1.807) is 29.7 Å². The van der Waals surface area contributed by atoms with Crippen LogP contribution >= 0.6 is 0 Å². The first-order valence-electron chi connectivity index (χ1n) is 7.10. The molecule has 1 saturated heterocycles. The van der Waals surface area contributed by atoms with Crippen LogP contribution in [0.4, 0.5) is 0 Å². The minimum absolute atomic E-state index is 0.0824. The third-order valence-corrected chi connectivity index (χ3v) is 3.78. The standard InChI is InChI=1S/C14H18N4O3/c1-10(13(19)15-8-11-4-3-7-21-11)18-14(20)12-5-2-6-17(12)9-16-18/h2,5-6,9-11H,3-4,7-8H2,1H3,(H,15,19). The minimum atomic E-state index is -0.654. The van der Waals surface area contributed by atoms with Crippen LogP contribution in [0, 0.1) is 0 Å². The van der Waals surface area contributed by atoms with Crippen molar-refractivity contribution in [3.63, 3.8) is 0 Å². The van der Waals surface area contributed by atoms with Crippen LogP contribution in [0.2, 0.25) is 0 Å². The monoisotopic (exact) mass is 290 g/mol. The van der Waals surface area contributed by atoms with Crippen molar-refractivity contribution in [2.75, 3.05) is 13.2 Å². The molecule has 0 spiro atoms. The van der Waals surface area contributed by atoms with E-state index in [-0.39, 0.29) is 17.6 Å². The molecular weight excluding hydrogens is 272 g/mol. The number of rotatable bonds is 4. The van der Waals surface area contributed by atoms with E-state index < -0.39 is 6.04 Å². The van der Waals surface area contributed by atoms with E-state index in [1.165, 1.54) is 11.0 Å². The fraction of sp³-hybridized carbons (Fsp3) is 0.500. The lowest BCUT2D eigenvalue weighted by atomic mass is 10.2. The number of carbonyl (C=O) groups excluding carboxylic acids is 1. The Kier molecular flexibility index (Phi) is 3.74. The molecule has 1 N–H and O–H groups in total. The largest absolute Gasteiger partial charge is 0.376 e. The van der Waals surface area contributed by atoms with E-state index in [0.29, 0.717) is 12.1 Å². The lowest BCUT2D eigenvalue weighted by Gasteiger charge is -2.16. The molecule has 0 bridgehead atoms. The van der Waals surface area contributed by atoms with Crippen LogP contribution in [-0.2, 0) is 9.53 Å².